The first-order valence-corrected chi connectivity index (χ1v) is 13.7. The van der Waals surface area contributed by atoms with Crippen LogP contribution in [0.1, 0.15) is 57.7 Å². The number of hydrogen-bond donors (Lipinski definition) is 2. The Hall–Kier alpha value is -2.45. The van der Waals surface area contributed by atoms with Gasteiger partial charge in [-0.05, 0) is 63.2 Å². The molecule has 2 aliphatic heterocycles. The number of ether oxygens (including phenoxy) is 1. The van der Waals surface area contributed by atoms with Crippen LogP contribution in [0.4, 0.5) is 0 Å². The summed E-state index contributed by atoms with van der Waals surface area (Å²) in [7, 11) is 0. The Morgan fingerprint density at radius 1 is 1.23 bits per heavy atom. The van der Waals surface area contributed by atoms with E-state index >= 15 is 0 Å². The predicted octanol–water partition coefficient (Wildman–Crippen LogP) is 4.15. The van der Waals surface area contributed by atoms with Crippen LogP contribution in [0.25, 0.3) is 10.4 Å². The fourth-order valence-corrected chi connectivity index (χ4v) is 5.58. The third-order valence-electron chi connectivity index (χ3n) is 7.34. The molecule has 2 amide bonds. The van der Waals surface area contributed by atoms with Crippen molar-refractivity contribution in [1.29, 1.82) is 0 Å². The normalized spacial score (nSPS) is 19.7. The first-order valence-electron chi connectivity index (χ1n) is 12.8. The number of thiazole rings is 1. The van der Waals surface area contributed by atoms with Crippen molar-refractivity contribution < 1.29 is 14.3 Å². The number of likely N-dealkylation sites (tertiary alicyclic amines) is 1. The molecule has 2 N–H and O–H groups in total. The lowest BCUT2D eigenvalue weighted by atomic mass is 9.96. The zero-order valence-electron chi connectivity index (χ0n) is 21.3. The average molecular weight is 499 g/mol. The molecule has 2 saturated heterocycles. The van der Waals surface area contributed by atoms with Crippen molar-refractivity contribution in [3.8, 4) is 16.2 Å². The van der Waals surface area contributed by atoms with Crippen molar-refractivity contribution in [1.82, 2.24) is 20.5 Å². The molecule has 4 rings (SSSR count). The third-order valence-corrected chi connectivity index (χ3v) is 8.31. The highest BCUT2D eigenvalue weighted by atomic mass is 32.1. The molecule has 8 heteroatoms. The minimum absolute atomic E-state index is 0.0804. The maximum atomic E-state index is 13.2. The van der Waals surface area contributed by atoms with Crippen LogP contribution in [0, 0.1) is 18.8 Å². The summed E-state index contributed by atoms with van der Waals surface area (Å²) in [6.07, 6.45) is 3.65. The molecule has 2 aromatic rings. The zero-order valence-corrected chi connectivity index (χ0v) is 22.1. The van der Waals surface area contributed by atoms with Crippen molar-refractivity contribution in [2.45, 2.75) is 72.1 Å². The summed E-state index contributed by atoms with van der Waals surface area (Å²) >= 11 is 1.62. The Morgan fingerprint density at radius 2 is 2.00 bits per heavy atom. The molecule has 0 spiro atoms. The highest BCUT2D eigenvalue weighted by Gasteiger charge is 2.36. The summed E-state index contributed by atoms with van der Waals surface area (Å²) < 4.78 is 6.47. The first-order chi connectivity index (χ1) is 16.8. The van der Waals surface area contributed by atoms with Gasteiger partial charge < -0.3 is 20.3 Å². The molecule has 1 aromatic heterocycles. The van der Waals surface area contributed by atoms with Gasteiger partial charge in [0, 0.05) is 24.6 Å². The van der Waals surface area contributed by atoms with Gasteiger partial charge in [-0.25, -0.2) is 4.98 Å². The molecule has 0 aliphatic carbocycles. The summed E-state index contributed by atoms with van der Waals surface area (Å²) in [5.41, 5.74) is 4.90. The SMILES string of the molecule is Cc1ncsc1-c1ccc(CNC(=O)C2CCCN2C(=O)C(C)C(C)C)c(OC2CCNCC2)c1. The van der Waals surface area contributed by atoms with Crippen LogP contribution in [0.15, 0.2) is 23.7 Å². The van der Waals surface area contributed by atoms with Crippen LogP contribution < -0.4 is 15.4 Å². The van der Waals surface area contributed by atoms with Crippen LogP contribution >= 0.6 is 11.3 Å². The van der Waals surface area contributed by atoms with Gasteiger partial charge in [0.05, 0.1) is 16.1 Å². The Labute approximate surface area is 212 Å². The minimum atomic E-state index is -0.392. The van der Waals surface area contributed by atoms with E-state index in [4.69, 9.17) is 4.74 Å². The minimum Gasteiger partial charge on any atom is -0.490 e. The summed E-state index contributed by atoms with van der Waals surface area (Å²) in [5, 5.41) is 6.48. The molecule has 2 aliphatic rings. The number of nitrogens with one attached hydrogen (secondary N) is 2. The maximum Gasteiger partial charge on any atom is 0.243 e. The number of benzene rings is 1. The lowest BCUT2D eigenvalue weighted by molar-refractivity contribution is -0.142. The fraction of sp³-hybridized carbons (Fsp3) is 0.593. The standard InChI is InChI=1S/C27H38N4O3S/c1-17(2)18(3)27(33)31-13-5-6-23(31)26(32)29-15-21-8-7-20(25-19(4)30-16-35-25)14-24(21)34-22-9-11-28-12-10-22/h7-8,14,16-18,22-23,28H,5-6,9-13,15H2,1-4H3,(H,29,32). The summed E-state index contributed by atoms with van der Waals surface area (Å²) in [4.78, 5) is 33.4. The maximum absolute atomic E-state index is 13.2. The van der Waals surface area contributed by atoms with Gasteiger partial charge in [0.15, 0.2) is 0 Å². The Morgan fingerprint density at radius 3 is 2.69 bits per heavy atom. The van der Waals surface area contributed by atoms with E-state index in [0.717, 1.165) is 59.8 Å². The van der Waals surface area contributed by atoms with Crippen LogP contribution in [0.5, 0.6) is 5.75 Å². The third kappa shape index (κ3) is 6.04. The van der Waals surface area contributed by atoms with Crippen molar-refractivity contribution in [2.24, 2.45) is 11.8 Å². The molecule has 0 radical (unpaired) electrons. The largest absolute Gasteiger partial charge is 0.490 e. The number of aryl methyl sites for hydroxylation is 1. The van der Waals surface area contributed by atoms with Gasteiger partial charge in [0.1, 0.15) is 17.9 Å². The number of piperidine rings is 1. The second-order valence-electron chi connectivity index (χ2n) is 10.1. The smallest absolute Gasteiger partial charge is 0.243 e. The van der Waals surface area contributed by atoms with Gasteiger partial charge in [-0.15, -0.1) is 11.3 Å². The van der Waals surface area contributed by atoms with E-state index in [1.165, 1.54) is 0 Å². The molecular formula is C27H38N4O3S. The molecule has 2 atom stereocenters. The van der Waals surface area contributed by atoms with E-state index < -0.39 is 6.04 Å². The van der Waals surface area contributed by atoms with E-state index in [0.29, 0.717) is 19.5 Å². The number of rotatable bonds is 8. The Bertz CT molecular complexity index is 1030. The predicted molar refractivity (Wildman–Crippen MR) is 139 cm³/mol. The molecule has 0 saturated carbocycles. The van der Waals surface area contributed by atoms with Gasteiger partial charge in [0.2, 0.25) is 11.8 Å². The van der Waals surface area contributed by atoms with Gasteiger partial charge in [-0.1, -0.05) is 32.9 Å². The lowest BCUT2D eigenvalue weighted by Crippen LogP contribution is -2.48. The molecule has 1 aromatic carbocycles. The molecule has 2 unspecified atom stereocenters. The van der Waals surface area contributed by atoms with Crippen molar-refractivity contribution >= 4 is 23.2 Å². The van der Waals surface area contributed by atoms with E-state index in [1.807, 2.05) is 25.4 Å². The highest BCUT2D eigenvalue weighted by Crippen LogP contribution is 2.33. The van der Waals surface area contributed by atoms with Crippen molar-refractivity contribution in [2.75, 3.05) is 19.6 Å². The fourth-order valence-electron chi connectivity index (χ4n) is 4.77. The summed E-state index contributed by atoms with van der Waals surface area (Å²) in [6, 6.07) is 5.81. The number of carbonyl (C=O) groups excluding carboxylic acids is 2. The second kappa shape index (κ2) is 11.5. The molecule has 0 bridgehead atoms. The van der Waals surface area contributed by atoms with E-state index in [-0.39, 0.29) is 29.8 Å². The average Bonchev–Trinajstić information content (AvgIpc) is 3.52. The second-order valence-corrected chi connectivity index (χ2v) is 11.0. The Balaban J connectivity index is 1.49. The van der Waals surface area contributed by atoms with E-state index in [2.05, 4.69) is 41.6 Å². The summed E-state index contributed by atoms with van der Waals surface area (Å²) in [6.45, 7) is 11.0. The molecule has 3 heterocycles. The first kappa shape index (κ1) is 25.6. The van der Waals surface area contributed by atoms with E-state index in [1.54, 1.807) is 16.2 Å². The van der Waals surface area contributed by atoms with E-state index in [9.17, 15) is 9.59 Å². The van der Waals surface area contributed by atoms with Crippen molar-refractivity contribution in [3.05, 3.63) is 35.0 Å². The summed E-state index contributed by atoms with van der Waals surface area (Å²) in [5.74, 6) is 0.979. The lowest BCUT2D eigenvalue weighted by Gasteiger charge is -2.28. The van der Waals surface area contributed by atoms with Crippen LogP contribution in [-0.4, -0.2) is 53.5 Å². The quantitative estimate of drug-likeness (QED) is 0.571. The Kier molecular flexibility index (Phi) is 8.44. The van der Waals surface area contributed by atoms with Gasteiger partial charge >= 0.3 is 0 Å². The number of nitrogens with zero attached hydrogens (tertiary/aromatic N) is 2. The number of hydrogen-bond acceptors (Lipinski definition) is 6. The monoisotopic (exact) mass is 498 g/mol. The molecule has 35 heavy (non-hydrogen) atoms. The van der Waals surface area contributed by atoms with Crippen LogP contribution in [0.3, 0.4) is 0 Å². The number of amides is 2. The van der Waals surface area contributed by atoms with Crippen LogP contribution in [-0.2, 0) is 16.1 Å². The molecule has 2 fully saturated rings. The van der Waals surface area contributed by atoms with Crippen molar-refractivity contribution in [3.63, 3.8) is 0 Å². The van der Waals surface area contributed by atoms with Gasteiger partial charge in [-0.2, -0.15) is 0 Å². The van der Waals surface area contributed by atoms with Gasteiger partial charge in [0.25, 0.3) is 0 Å². The molecular weight excluding hydrogens is 460 g/mol. The number of carbonyl (C=O) groups is 2. The zero-order chi connectivity index (χ0) is 24.9. The topological polar surface area (TPSA) is 83.6 Å². The molecule has 7 nitrogen and oxygen atoms in total. The highest BCUT2D eigenvalue weighted by molar-refractivity contribution is 7.13. The van der Waals surface area contributed by atoms with Gasteiger partial charge in [-0.3, -0.25) is 9.59 Å². The molecule has 190 valence electrons. The number of aromatic nitrogens is 1. The van der Waals surface area contributed by atoms with Crippen LogP contribution in [0.2, 0.25) is 0 Å².